The molecule has 0 saturated carbocycles. The van der Waals surface area contributed by atoms with E-state index in [9.17, 15) is 9.59 Å². The maximum atomic E-state index is 13.4. The van der Waals surface area contributed by atoms with Gasteiger partial charge in [-0.3, -0.25) is 0 Å². The van der Waals surface area contributed by atoms with Gasteiger partial charge >= 0.3 is 11.9 Å². The van der Waals surface area contributed by atoms with Crippen LogP contribution in [0.3, 0.4) is 0 Å². The summed E-state index contributed by atoms with van der Waals surface area (Å²) >= 11 is 0. The van der Waals surface area contributed by atoms with Crippen LogP contribution < -0.4 is 14.2 Å². The smallest absolute Gasteiger partial charge is 0.355 e. The average Bonchev–Trinajstić information content (AvgIpc) is 3.34. The first-order valence-electron chi connectivity index (χ1n) is 12.3. The van der Waals surface area contributed by atoms with Crippen molar-refractivity contribution in [2.24, 2.45) is 0 Å². The second kappa shape index (κ2) is 12.2. The van der Waals surface area contributed by atoms with Crippen molar-refractivity contribution in [2.45, 2.75) is 13.0 Å². The molecule has 0 amide bonds. The van der Waals surface area contributed by atoms with Gasteiger partial charge in [-0.05, 0) is 59.5 Å². The molecule has 1 aromatic heterocycles. The number of aromatic nitrogens is 1. The first-order valence-corrected chi connectivity index (χ1v) is 12.3. The minimum Gasteiger partial charge on any atom is -0.497 e. The van der Waals surface area contributed by atoms with E-state index in [-0.39, 0.29) is 11.4 Å². The SMILES string of the molecule is COC(=O)c1c(-c2ccc(OC)cc2)c(-c2ccc(OC)cc2)c(C(=O)OC)n1CCc1ccc(OC)cc1. The second-order valence-corrected chi connectivity index (χ2v) is 8.64. The van der Waals surface area contributed by atoms with Crippen molar-refractivity contribution >= 4 is 11.9 Å². The molecule has 0 bridgehead atoms. The summed E-state index contributed by atoms with van der Waals surface area (Å²) in [6.45, 7) is 0.320. The van der Waals surface area contributed by atoms with E-state index in [2.05, 4.69) is 0 Å². The second-order valence-electron chi connectivity index (χ2n) is 8.64. The highest BCUT2D eigenvalue weighted by Gasteiger charge is 2.33. The van der Waals surface area contributed by atoms with Crippen molar-refractivity contribution in [1.29, 1.82) is 0 Å². The van der Waals surface area contributed by atoms with Crippen LogP contribution >= 0.6 is 0 Å². The van der Waals surface area contributed by atoms with E-state index in [1.807, 2.05) is 48.5 Å². The third-order valence-electron chi connectivity index (χ3n) is 6.56. The van der Waals surface area contributed by atoms with Gasteiger partial charge in [0.05, 0.1) is 35.5 Å². The highest BCUT2D eigenvalue weighted by Crippen LogP contribution is 2.42. The lowest BCUT2D eigenvalue weighted by molar-refractivity contribution is 0.0578. The lowest BCUT2D eigenvalue weighted by Crippen LogP contribution is -2.18. The molecular formula is C31H31NO7. The van der Waals surface area contributed by atoms with Crippen LogP contribution in [0.2, 0.25) is 0 Å². The van der Waals surface area contributed by atoms with Crippen LogP contribution in [0.5, 0.6) is 17.2 Å². The van der Waals surface area contributed by atoms with Crippen LogP contribution in [0.1, 0.15) is 26.5 Å². The molecule has 39 heavy (non-hydrogen) atoms. The topological polar surface area (TPSA) is 85.2 Å². The van der Waals surface area contributed by atoms with E-state index in [4.69, 9.17) is 23.7 Å². The fourth-order valence-corrected chi connectivity index (χ4v) is 4.57. The van der Waals surface area contributed by atoms with E-state index in [1.165, 1.54) is 14.2 Å². The monoisotopic (exact) mass is 529 g/mol. The number of nitrogens with zero attached hydrogens (tertiary/aromatic N) is 1. The van der Waals surface area contributed by atoms with Crippen molar-refractivity contribution in [3.63, 3.8) is 0 Å². The van der Waals surface area contributed by atoms with Gasteiger partial charge in [-0.2, -0.15) is 0 Å². The minimum absolute atomic E-state index is 0.252. The summed E-state index contributed by atoms with van der Waals surface area (Å²) in [6, 6.07) is 22.3. The maximum absolute atomic E-state index is 13.4. The zero-order valence-electron chi connectivity index (χ0n) is 22.6. The normalized spacial score (nSPS) is 10.6. The van der Waals surface area contributed by atoms with E-state index in [0.29, 0.717) is 35.6 Å². The molecule has 4 aromatic rings. The van der Waals surface area contributed by atoms with E-state index >= 15 is 0 Å². The number of carbonyl (C=O) groups excluding carboxylic acids is 2. The van der Waals surface area contributed by atoms with Crippen molar-refractivity contribution in [1.82, 2.24) is 4.57 Å². The average molecular weight is 530 g/mol. The summed E-state index contributed by atoms with van der Waals surface area (Å²) in [6.07, 6.45) is 0.538. The van der Waals surface area contributed by atoms with Gasteiger partial charge in [-0.25, -0.2) is 9.59 Å². The standard InChI is InChI=1S/C31H31NO7/c1-35-23-12-6-20(7-13-23)18-19-32-28(30(33)38-4)26(21-8-14-24(36-2)15-9-21)27(29(32)31(34)39-5)22-10-16-25(37-3)17-11-22/h6-17H,18-19H2,1-5H3. The highest BCUT2D eigenvalue weighted by molar-refractivity contribution is 6.09. The van der Waals surface area contributed by atoms with E-state index < -0.39 is 11.9 Å². The van der Waals surface area contributed by atoms with Crippen LogP contribution in [-0.4, -0.2) is 52.1 Å². The Morgan fingerprint density at radius 1 is 0.564 bits per heavy atom. The summed E-state index contributed by atoms with van der Waals surface area (Å²) in [5, 5.41) is 0. The van der Waals surface area contributed by atoms with Gasteiger partial charge in [-0.15, -0.1) is 0 Å². The Kier molecular flexibility index (Phi) is 8.56. The van der Waals surface area contributed by atoms with Gasteiger partial charge in [0.2, 0.25) is 0 Å². The molecule has 202 valence electrons. The number of aryl methyl sites for hydroxylation is 1. The number of ether oxygens (including phenoxy) is 5. The molecule has 0 unspecified atom stereocenters. The van der Waals surface area contributed by atoms with Gasteiger partial charge in [0.25, 0.3) is 0 Å². The summed E-state index contributed by atoms with van der Waals surface area (Å²) < 4.78 is 28.1. The van der Waals surface area contributed by atoms with Crippen molar-refractivity contribution in [3.05, 3.63) is 89.7 Å². The van der Waals surface area contributed by atoms with Crippen molar-refractivity contribution < 1.29 is 33.3 Å². The molecule has 0 aliphatic carbocycles. The molecule has 1 heterocycles. The molecule has 0 atom stereocenters. The molecule has 0 aliphatic heterocycles. The molecule has 0 saturated heterocycles. The largest absolute Gasteiger partial charge is 0.497 e. The summed E-state index contributed by atoms with van der Waals surface area (Å²) in [4.78, 5) is 26.8. The van der Waals surface area contributed by atoms with Crippen LogP contribution in [0.15, 0.2) is 72.8 Å². The van der Waals surface area contributed by atoms with E-state index in [0.717, 1.165) is 22.4 Å². The number of rotatable bonds is 10. The number of benzene rings is 3. The third kappa shape index (κ3) is 5.60. The summed E-state index contributed by atoms with van der Waals surface area (Å²) in [5.41, 5.74) is 4.07. The highest BCUT2D eigenvalue weighted by atomic mass is 16.5. The fourth-order valence-electron chi connectivity index (χ4n) is 4.57. The minimum atomic E-state index is -0.569. The zero-order chi connectivity index (χ0) is 27.9. The molecule has 0 radical (unpaired) electrons. The Hall–Kier alpha value is -4.72. The lowest BCUT2D eigenvalue weighted by Gasteiger charge is -2.13. The van der Waals surface area contributed by atoms with Crippen molar-refractivity contribution in [2.75, 3.05) is 35.5 Å². The van der Waals surface area contributed by atoms with Gasteiger partial charge in [-0.1, -0.05) is 36.4 Å². The van der Waals surface area contributed by atoms with Crippen LogP contribution in [0, 0.1) is 0 Å². The molecule has 8 nitrogen and oxygen atoms in total. The maximum Gasteiger partial charge on any atom is 0.355 e. The Morgan fingerprint density at radius 2 is 0.923 bits per heavy atom. The molecule has 0 fully saturated rings. The lowest BCUT2D eigenvalue weighted by atomic mass is 9.94. The predicted molar refractivity (Wildman–Crippen MR) is 148 cm³/mol. The Balaban J connectivity index is 2.00. The first-order chi connectivity index (χ1) is 18.9. The van der Waals surface area contributed by atoms with Crippen LogP contribution in [0.25, 0.3) is 22.3 Å². The Morgan fingerprint density at radius 3 is 1.26 bits per heavy atom. The van der Waals surface area contributed by atoms with Crippen LogP contribution in [0.4, 0.5) is 0 Å². The summed E-state index contributed by atoms with van der Waals surface area (Å²) in [5.74, 6) is 0.933. The fraction of sp³-hybridized carbons (Fsp3) is 0.226. The zero-order valence-corrected chi connectivity index (χ0v) is 22.6. The number of carbonyl (C=O) groups is 2. The van der Waals surface area contributed by atoms with Gasteiger partial charge in [0.1, 0.15) is 28.6 Å². The number of esters is 2. The molecular weight excluding hydrogens is 498 g/mol. The molecule has 0 N–H and O–H groups in total. The number of hydrogen-bond acceptors (Lipinski definition) is 7. The van der Waals surface area contributed by atoms with Crippen LogP contribution in [-0.2, 0) is 22.4 Å². The Labute approximate surface area is 227 Å². The quantitative estimate of drug-likeness (QED) is 0.245. The first kappa shape index (κ1) is 27.3. The molecule has 3 aromatic carbocycles. The van der Waals surface area contributed by atoms with Gasteiger partial charge < -0.3 is 28.3 Å². The van der Waals surface area contributed by atoms with Gasteiger partial charge in [0.15, 0.2) is 0 Å². The molecule has 8 heteroatoms. The molecule has 4 rings (SSSR count). The van der Waals surface area contributed by atoms with E-state index in [1.54, 1.807) is 50.2 Å². The third-order valence-corrected chi connectivity index (χ3v) is 6.56. The molecule has 0 spiro atoms. The number of hydrogen-bond donors (Lipinski definition) is 0. The van der Waals surface area contributed by atoms with Gasteiger partial charge in [0, 0.05) is 17.7 Å². The van der Waals surface area contributed by atoms with Crippen molar-refractivity contribution in [3.8, 4) is 39.5 Å². The predicted octanol–water partition coefficient (Wildman–Crippen LogP) is 5.66. The number of methoxy groups -OCH3 is 5. The summed E-state index contributed by atoms with van der Waals surface area (Å²) in [7, 11) is 7.43. The molecule has 0 aliphatic rings. The Bertz CT molecular complexity index is 1350.